The fraction of sp³-hybridized carbons (Fsp3) is 0.333. The van der Waals surface area contributed by atoms with Crippen molar-refractivity contribution in [1.82, 2.24) is 0 Å². The minimum atomic E-state index is -0.747. The van der Waals surface area contributed by atoms with E-state index in [9.17, 15) is 9.59 Å². The summed E-state index contributed by atoms with van der Waals surface area (Å²) in [5, 5.41) is 1.43. The van der Waals surface area contributed by atoms with Gasteiger partial charge in [0.05, 0.1) is 11.7 Å². The number of aliphatic imine (C=N–C) groups is 2. The molecule has 23 heavy (non-hydrogen) atoms. The van der Waals surface area contributed by atoms with E-state index in [0.29, 0.717) is 26.6 Å². The molecular weight excluding hydrogens is 359 g/mol. The van der Waals surface area contributed by atoms with Crippen LogP contribution in [-0.4, -0.2) is 29.4 Å². The monoisotopic (exact) mass is 372 g/mol. The Bertz CT molecular complexity index is 704. The number of nitrogens with zero attached hydrogens (tertiary/aromatic N) is 2. The van der Waals surface area contributed by atoms with E-state index in [1.807, 2.05) is 0 Å². The lowest BCUT2D eigenvalue weighted by molar-refractivity contribution is -0.143. The van der Waals surface area contributed by atoms with Crippen molar-refractivity contribution < 1.29 is 14.3 Å². The summed E-state index contributed by atoms with van der Waals surface area (Å²) < 4.78 is 5.04. The van der Waals surface area contributed by atoms with Gasteiger partial charge in [-0.1, -0.05) is 29.3 Å². The lowest BCUT2D eigenvalue weighted by Crippen LogP contribution is -2.34. The first-order chi connectivity index (χ1) is 10.9. The van der Waals surface area contributed by atoms with E-state index in [-0.39, 0.29) is 6.61 Å². The van der Waals surface area contributed by atoms with Crippen LogP contribution in [0, 0.1) is 5.92 Å². The van der Waals surface area contributed by atoms with Crippen LogP contribution in [0.4, 0.5) is 4.79 Å². The van der Waals surface area contributed by atoms with Crippen molar-refractivity contribution in [2.75, 3.05) is 6.61 Å². The number of benzene rings is 1. The summed E-state index contributed by atoms with van der Waals surface area (Å²) in [7, 11) is 0. The van der Waals surface area contributed by atoms with Crippen LogP contribution in [0.15, 0.2) is 28.2 Å². The second-order valence-corrected chi connectivity index (χ2v) is 6.53. The Hall–Kier alpha value is -1.37. The predicted octanol–water partition coefficient (Wildman–Crippen LogP) is 4.40. The molecule has 0 N–H and O–H groups in total. The lowest BCUT2D eigenvalue weighted by Gasteiger charge is -2.19. The van der Waals surface area contributed by atoms with Crippen molar-refractivity contribution in [3.8, 4) is 0 Å². The van der Waals surface area contributed by atoms with Crippen molar-refractivity contribution >= 4 is 57.7 Å². The van der Waals surface area contributed by atoms with E-state index in [0.717, 1.165) is 5.56 Å². The molecule has 122 valence electrons. The van der Waals surface area contributed by atoms with Crippen LogP contribution in [0.2, 0.25) is 10.0 Å². The summed E-state index contributed by atoms with van der Waals surface area (Å²) in [5.41, 5.74) is 1.21. The van der Waals surface area contributed by atoms with Crippen LogP contribution >= 0.6 is 35.0 Å². The summed E-state index contributed by atoms with van der Waals surface area (Å²) >= 11 is 13.3. The molecule has 0 saturated heterocycles. The highest BCUT2D eigenvalue weighted by molar-refractivity contribution is 8.13. The number of thioether (sulfide) groups is 1. The highest BCUT2D eigenvalue weighted by Crippen LogP contribution is 2.28. The van der Waals surface area contributed by atoms with E-state index in [1.165, 1.54) is 11.8 Å². The van der Waals surface area contributed by atoms with E-state index in [2.05, 4.69) is 9.98 Å². The molecule has 0 radical (unpaired) electrons. The number of esters is 1. The van der Waals surface area contributed by atoms with E-state index in [1.54, 1.807) is 32.0 Å². The van der Waals surface area contributed by atoms with Gasteiger partial charge in [0.25, 0.3) is 0 Å². The number of amides is 2. The fourth-order valence-electron chi connectivity index (χ4n) is 1.98. The first-order valence-corrected chi connectivity index (χ1v) is 8.57. The molecule has 0 aromatic heterocycles. The van der Waals surface area contributed by atoms with Crippen LogP contribution < -0.4 is 0 Å². The Balaban J connectivity index is 2.18. The lowest BCUT2D eigenvalue weighted by atomic mass is 10.1. The summed E-state index contributed by atoms with van der Waals surface area (Å²) in [6, 6.07) is 4.55. The molecule has 0 fully saturated rings. The zero-order valence-electron chi connectivity index (χ0n) is 12.5. The molecule has 1 atom stereocenters. The molecule has 1 aliphatic heterocycles. The molecule has 1 aromatic rings. The number of rotatable bonds is 4. The van der Waals surface area contributed by atoms with Gasteiger partial charge in [0.1, 0.15) is 5.92 Å². The van der Waals surface area contributed by atoms with Gasteiger partial charge < -0.3 is 4.74 Å². The SMILES string of the molecule is CCOC(=O)C1C(C)=NC(=O)N=C1SCc1ccc(Cl)cc1Cl. The van der Waals surface area contributed by atoms with Crippen molar-refractivity contribution in [3.05, 3.63) is 33.8 Å². The van der Waals surface area contributed by atoms with E-state index >= 15 is 0 Å². The number of ether oxygens (including phenoxy) is 1. The molecule has 8 heteroatoms. The first-order valence-electron chi connectivity index (χ1n) is 6.83. The Morgan fingerprint density at radius 1 is 1.35 bits per heavy atom. The average molecular weight is 373 g/mol. The summed E-state index contributed by atoms with van der Waals surface area (Å²) in [6.07, 6.45) is 0. The van der Waals surface area contributed by atoms with Gasteiger partial charge in [-0.15, -0.1) is 11.8 Å². The zero-order valence-corrected chi connectivity index (χ0v) is 14.8. The van der Waals surface area contributed by atoms with Gasteiger partial charge in [-0.05, 0) is 31.5 Å². The highest BCUT2D eigenvalue weighted by Gasteiger charge is 2.33. The molecule has 0 aliphatic carbocycles. The van der Waals surface area contributed by atoms with Gasteiger partial charge in [0, 0.05) is 21.5 Å². The van der Waals surface area contributed by atoms with Gasteiger partial charge in [-0.3, -0.25) is 4.79 Å². The Morgan fingerprint density at radius 2 is 2.09 bits per heavy atom. The van der Waals surface area contributed by atoms with Crippen molar-refractivity contribution in [2.45, 2.75) is 19.6 Å². The van der Waals surface area contributed by atoms with Gasteiger partial charge in [-0.2, -0.15) is 9.98 Å². The second kappa shape index (κ2) is 7.95. The largest absolute Gasteiger partial charge is 0.465 e. The third-order valence-electron chi connectivity index (χ3n) is 3.06. The third kappa shape index (κ3) is 4.56. The minimum absolute atomic E-state index is 0.248. The van der Waals surface area contributed by atoms with E-state index < -0.39 is 17.9 Å². The molecule has 0 saturated carbocycles. The minimum Gasteiger partial charge on any atom is -0.465 e. The fourth-order valence-corrected chi connectivity index (χ4v) is 3.67. The topological polar surface area (TPSA) is 68.1 Å². The Morgan fingerprint density at radius 3 is 2.74 bits per heavy atom. The number of halogens is 2. The Labute approximate surface area is 148 Å². The van der Waals surface area contributed by atoms with Crippen molar-refractivity contribution in [1.29, 1.82) is 0 Å². The van der Waals surface area contributed by atoms with Crippen LogP contribution in [0.3, 0.4) is 0 Å². The molecule has 1 unspecified atom stereocenters. The average Bonchev–Trinajstić information content (AvgIpc) is 2.45. The van der Waals surface area contributed by atoms with Crippen LogP contribution in [0.5, 0.6) is 0 Å². The molecule has 0 bridgehead atoms. The predicted molar refractivity (Wildman–Crippen MR) is 93.8 cm³/mol. The highest BCUT2D eigenvalue weighted by atomic mass is 35.5. The first kappa shape index (κ1) is 18.0. The van der Waals surface area contributed by atoms with Gasteiger partial charge in [0.15, 0.2) is 0 Å². The number of carbonyl (C=O) groups is 2. The molecule has 2 amide bonds. The molecule has 1 aromatic carbocycles. The van der Waals surface area contributed by atoms with Crippen molar-refractivity contribution in [3.63, 3.8) is 0 Å². The number of hydrogen-bond acceptors (Lipinski definition) is 4. The molecule has 1 aliphatic rings. The van der Waals surface area contributed by atoms with Gasteiger partial charge >= 0.3 is 12.0 Å². The van der Waals surface area contributed by atoms with Gasteiger partial charge in [0.2, 0.25) is 0 Å². The van der Waals surface area contributed by atoms with Crippen molar-refractivity contribution in [2.24, 2.45) is 15.9 Å². The molecule has 2 rings (SSSR count). The molecule has 5 nitrogen and oxygen atoms in total. The number of carbonyl (C=O) groups excluding carboxylic acids is 2. The second-order valence-electron chi connectivity index (χ2n) is 4.70. The van der Waals surface area contributed by atoms with Crippen LogP contribution in [-0.2, 0) is 15.3 Å². The molecule has 1 heterocycles. The number of hydrogen-bond donors (Lipinski definition) is 0. The summed E-state index contributed by atoms with van der Waals surface area (Å²) in [5.74, 6) is -0.760. The molecular formula is C15H14Cl2N2O3S. The zero-order chi connectivity index (χ0) is 17.0. The number of urea groups is 1. The van der Waals surface area contributed by atoms with Gasteiger partial charge in [-0.25, -0.2) is 4.79 Å². The maximum atomic E-state index is 12.1. The smallest absolute Gasteiger partial charge is 0.367 e. The van der Waals surface area contributed by atoms with Crippen LogP contribution in [0.25, 0.3) is 0 Å². The summed E-state index contributed by atoms with van der Waals surface area (Å²) in [4.78, 5) is 31.2. The normalized spacial score (nSPS) is 17.6. The van der Waals surface area contributed by atoms with Crippen LogP contribution in [0.1, 0.15) is 19.4 Å². The Kier molecular flexibility index (Phi) is 6.21. The maximum absolute atomic E-state index is 12.1. The maximum Gasteiger partial charge on any atom is 0.367 e. The van der Waals surface area contributed by atoms with E-state index in [4.69, 9.17) is 27.9 Å². The quantitative estimate of drug-likeness (QED) is 0.734. The standard InChI is InChI=1S/C15H14Cl2N2O3S/c1-3-22-14(20)12-8(2)18-15(21)19-13(12)23-7-9-4-5-10(16)6-11(9)17/h4-6,12H,3,7H2,1-2H3. The third-order valence-corrected chi connectivity index (χ3v) is 4.72. The molecule has 0 spiro atoms. The summed E-state index contributed by atoms with van der Waals surface area (Å²) in [6.45, 7) is 3.58.